The molecule has 3 fully saturated rings. The maximum atomic E-state index is 3.74. The molecule has 0 amide bonds. The third-order valence-corrected chi connectivity index (χ3v) is 14.5. The Morgan fingerprint density at radius 2 is 0.663 bits per heavy atom. The normalized spacial score (nSPS) is 16.3. The summed E-state index contributed by atoms with van der Waals surface area (Å²) in [5.74, 6) is 0. The molecule has 5 aromatic rings. The van der Waals surface area contributed by atoms with E-state index in [0.29, 0.717) is 12.1 Å². The monoisotopic (exact) mass is 1140 g/mol. The van der Waals surface area contributed by atoms with Gasteiger partial charge in [-0.15, -0.1) is 0 Å². The lowest BCUT2D eigenvalue weighted by Crippen LogP contribution is -2.48. The van der Waals surface area contributed by atoms with E-state index in [-0.39, 0.29) is 38.8 Å². The Kier molecular flexibility index (Phi) is 30.2. The van der Waals surface area contributed by atoms with Gasteiger partial charge in [-0.2, -0.15) is 0 Å². The van der Waals surface area contributed by atoms with Gasteiger partial charge < -0.3 is 31.5 Å². The molecule has 7 nitrogen and oxygen atoms in total. The molecule has 2 atom stereocenters. The van der Waals surface area contributed by atoms with Crippen LogP contribution in [0.25, 0.3) is 0 Å². The lowest BCUT2D eigenvalue weighted by atomic mass is 9.99. The van der Waals surface area contributed by atoms with Gasteiger partial charge in [-0.3, -0.25) is 4.90 Å². The van der Waals surface area contributed by atoms with E-state index in [2.05, 4.69) is 331 Å². The van der Waals surface area contributed by atoms with Gasteiger partial charge in [-0.1, -0.05) is 158 Å². The predicted molar refractivity (Wildman–Crippen MR) is 370 cm³/mol. The maximum Gasteiger partial charge on any atom is 0.0440 e. The van der Waals surface area contributed by atoms with E-state index >= 15 is 0 Å². The molecule has 2 saturated carbocycles. The van der Waals surface area contributed by atoms with E-state index in [0.717, 1.165) is 6.04 Å². The minimum absolute atomic E-state index is 0.148. The number of anilines is 1. The average Bonchev–Trinajstić information content (AvgIpc) is 4.33. The largest absolute Gasteiger partial charge is 0.380 e. The first-order valence-corrected chi connectivity index (χ1v) is 32.0. The second-order valence-corrected chi connectivity index (χ2v) is 29.5. The molecule has 466 valence electrons. The number of piperazine rings is 1. The molecule has 2 aliphatic carbocycles. The molecule has 1 heterocycles. The number of aryl methyl sites for hydroxylation is 5. The van der Waals surface area contributed by atoms with E-state index < -0.39 is 0 Å². The van der Waals surface area contributed by atoms with Gasteiger partial charge in [0, 0.05) is 88.8 Å². The zero-order valence-electron chi connectivity index (χ0n) is 58.5. The van der Waals surface area contributed by atoms with Crippen LogP contribution in [0.5, 0.6) is 0 Å². The molecule has 0 aromatic heterocycles. The number of benzene rings is 5. The molecule has 5 N–H and O–H groups in total. The van der Waals surface area contributed by atoms with Crippen molar-refractivity contribution in [2.24, 2.45) is 0 Å². The standard InChI is InChI=1S/2C14H21N.2C13H21N.C11H17N.C9H20N2.C2H6/c2*1-11-5-7-12(8-6-11)14(9-10-14)15-13(2,3)4;2*1-10-6-8-12(9-7-10)11(2)14-13(3,4)5;1-9-5-7-10(8-6-9)12-11(2,3)4;1-4-10-5-7-11(8-6-10)9(2)3;1-2/h2*5-8,15H,9-10H2,1-4H3;2*6-9,11,14H,1-5H3;5-8,12H,1-4H3;9H,4-8H2,1-3H3;1-2H3/t;;2*11-;;;/m..10.../s1. The molecule has 8 rings (SSSR count). The lowest BCUT2D eigenvalue weighted by Gasteiger charge is -2.36. The molecule has 83 heavy (non-hydrogen) atoms. The summed E-state index contributed by atoms with van der Waals surface area (Å²) in [6.45, 7) is 65.1. The van der Waals surface area contributed by atoms with Gasteiger partial charge in [-0.25, -0.2) is 0 Å². The second kappa shape index (κ2) is 33.5. The number of nitrogens with one attached hydrogen (secondary N) is 5. The van der Waals surface area contributed by atoms with Gasteiger partial charge in [-0.05, 0) is 233 Å². The molecular weight excluding hydrogens is 1010 g/mol. The predicted octanol–water partition coefficient (Wildman–Crippen LogP) is 18.9. The molecule has 0 unspecified atom stereocenters. The number of nitrogens with zero attached hydrogens (tertiary/aromatic N) is 2. The highest BCUT2D eigenvalue weighted by molar-refractivity contribution is 5.46. The maximum absolute atomic E-state index is 3.74. The van der Waals surface area contributed by atoms with Crippen LogP contribution in [0.2, 0.25) is 0 Å². The first kappa shape index (κ1) is 74.8. The van der Waals surface area contributed by atoms with Crippen LogP contribution in [-0.2, 0) is 11.1 Å². The van der Waals surface area contributed by atoms with Gasteiger partial charge in [0.1, 0.15) is 0 Å². The van der Waals surface area contributed by atoms with Crippen molar-refractivity contribution in [2.75, 3.05) is 38.0 Å². The van der Waals surface area contributed by atoms with E-state index in [1.807, 2.05) is 13.8 Å². The number of hydrogen-bond donors (Lipinski definition) is 5. The quantitative estimate of drug-likeness (QED) is 0.0903. The van der Waals surface area contributed by atoms with Crippen LogP contribution in [-0.4, -0.2) is 76.3 Å². The molecular formula is C76H127N7. The number of rotatable bonds is 11. The molecule has 1 aliphatic heterocycles. The Hall–Kier alpha value is -4.34. The summed E-state index contributed by atoms with van der Waals surface area (Å²) < 4.78 is 0. The lowest BCUT2D eigenvalue weighted by molar-refractivity contribution is 0.112. The van der Waals surface area contributed by atoms with Crippen LogP contribution in [0.1, 0.15) is 240 Å². The topological polar surface area (TPSA) is 66.6 Å². The number of likely N-dealkylation sites (N-methyl/N-ethyl adjacent to an activating group) is 1. The zero-order chi connectivity index (χ0) is 63.2. The molecule has 1 saturated heterocycles. The van der Waals surface area contributed by atoms with Crippen LogP contribution >= 0.6 is 0 Å². The van der Waals surface area contributed by atoms with Crippen molar-refractivity contribution in [1.29, 1.82) is 0 Å². The van der Waals surface area contributed by atoms with Crippen molar-refractivity contribution < 1.29 is 0 Å². The minimum Gasteiger partial charge on any atom is -0.380 e. The zero-order valence-corrected chi connectivity index (χ0v) is 58.5. The Morgan fingerprint density at radius 3 is 0.892 bits per heavy atom. The summed E-state index contributed by atoms with van der Waals surface area (Å²) in [4.78, 5) is 5.06. The highest BCUT2D eigenvalue weighted by atomic mass is 15.3. The van der Waals surface area contributed by atoms with Crippen molar-refractivity contribution in [1.82, 2.24) is 31.1 Å². The van der Waals surface area contributed by atoms with Gasteiger partial charge in [0.15, 0.2) is 0 Å². The SMILES string of the molecule is CC.CCN1CCN(C(C)C)CC1.Cc1ccc(C2(NC(C)(C)C)CC2)cc1.Cc1ccc(C2(NC(C)(C)C)CC2)cc1.Cc1ccc(NC(C)(C)C)cc1.Cc1ccc([C@@H](C)NC(C)(C)C)cc1.Cc1ccc([C@H](C)NC(C)(C)C)cc1. The molecule has 0 radical (unpaired) electrons. The molecule has 0 bridgehead atoms. The summed E-state index contributed by atoms with van der Waals surface area (Å²) in [5.41, 5.74) is 14.8. The second-order valence-electron chi connectivity index (χ2n) is 29.5. The van der Waals surface area contributed by atoms with Crippen LogP contribution in [0, 0.1) is 34.6 Å². The smallest absolute Gasteiger partial charge is 0.0440 e. The van der Waals surface area contributed by atoms with Crippen LogP contribution < -0.4 is 26.6 Å². The fourth-order valence-corrected chi connectivity index (χ4v) is 10.2. The highest BCUT2D eigenvalue weighted by Crippen LogP contribution is 2.47. The summed E-state index contributed by atoms with van der Waals surface area (Å²) in [7, 11) is 0. The van der Waals surface area contributed by atoms with Gasteiger partial charge >= 0.3 is 0 Å². The third kappa shape index (κ3) is 31.6. The van der Waals surface area contributed by atoms with Gasteiger partial charge in [0.25, 0.3) is 0 Å². The Balaban J connectivity index is 0.000000339. The summed E-state index contributed by atoms with van der Waals surface area (Å²) in [5, 5.41) is 18.0. The van der Waals surface area contributed by atoms with Gasteiger partial charge in [0.05, 0.1) is 0 Å². The number of hydrogen-bond acceptors (Lipinski definition) is 7. The van der Waals surface area contributed by atoms with Crippen LogP contribution in [0.15, 0.2) is 121 Å². The van der Waals surface area contributed by atoms with Crippen molar-refractivity contribution in [3.8, 4) is 0 Å². The van der Waals surface area contributed by atoms with Crippen molar-refractivity contribution >= 4 is 5.69 Å². The van der Waals surface area contributed by atoms with E-state index in [9.17, 15) is 0 Å². The van der Waals surface area contributed by atoms with Gasteiger partial charge in [0.2, 0.25) is 0 Å². The first-order valence-electron chi connectivity index (χ1n) is 32.0. The van der Waals surface area contributed by atoms with E-state index in [4.69, 9.17) is 0 Å². The average molecular weight is 1140 g/mol. The fraction of sp³-hybridized carbons (Fsp3) is 0.605. The van der Waals surface area contributed by atoms with Crippen LogP contribution in [0.4, 0.5) is 5.69 Å². The molecule has 7 heteroatoms. The van der Waals surface area contributed by atoms with E-state index in [1.165, 1.54) is 114 Å². The molecule has 3 aliphatic rings. The van der Waals surface area contributed by atoms with Crippen molar-refractivity contribution in [3.63, 3.8) is 0 Å². The Labute approximate surface area is 513 Å². The minimum atomic E-state index is 0.148. The fourth-order valence-electron chi connectivity index (χ4n) is 10.2. The van der Waals surface area contributed by atoms with Crippen LogP contribution in [0.3, 0.4) is 0 Å². The Bertz CT molecular complexity index is 2350. The third-order valence-electron chi connectivity index (χ3n) is 14.5. The van der Waals surface area contributed by atoms with Crippen molar-refractivity contribution in [3.05, 3.63) is 171 Å². The first-order chi connectivity index (χ1) is 38.3. The van der Waals surface area contributed by atoms with E-state index in [1.54, 1.807) is 0 Å². The summed E-state index contributed by atoms with van der Waals surface area (Å²) in [6.07, 6.45) is 5.08. The Morgan fingerprint density at radius 1 is 0.386 bits per heavy atom. The summed E-state index contributed by atoms with van der Waals surface area (Å²) >= 11 is 0. The van der Waals surface area contributed by atoms with Crippen molar-refractivity contribution in [2.45, 2.75) is 270 Å². The molecule has 5 aromatic carbocycles. The summed E-state index contributed by atoms with van der Waals surface area (Å²) in [6, 6.07) is 45.3. The molecule has 0 spiro atoms. The highest BCUT2D eigenvalue weighted by Gasteiger charge is 2.47.